The van der Waals surface area contributed by atoms with E-state index in [-0.39, 0.29) is 11.9 Å². The van der Waals surface area contributed by atoms with Crippen molar-refractivity contribution in [3.05, 3.63) is 46.1 Å². The minimum absolute atomic E-state index is 0.0300. The second kappa shape index (κ2) is 6.40. The molecule has 0 spiro atoms. The molecule has 4 rings (SSSR count). The van der Waals surface area contributed by atoms with Crippen LogP contribution in [0.1, 0.15) is 27.9 Å². The average molecular weight is 357 g/mol. The van der Waals surface area contributed by atoms with E-state index in [1.807, 2.05) is 6.92 Å². The number of nitrogens with zero attached hydrogens (tertiary/aromatic N) is 5. The smallest absolute Gasteiger partial charge is 0.230 e. The molecule has 1 aliphatic heterocycles. The van der Waals surface area contributed by atoms with Gasteiger partial charge in [-0.05, 0) is 26.5 Å². The molecule has 1 saturated heterocycles. The quantitative estimate of drug-likeness (QED) is 0.780. The highest BCUT2D eigenvalue weighted by atomic mass is 32.1. The molecule has 2 aromatic heterocycles. The van der Waals surface area contributed by atoms with Crippen molar-refractivity contribution >= 4 is 16.3 Å². The summed E-state index contributed by atoms with van der Waals surface area (Å²) in [6, 6.07) is 8.59. The third-order valence-corrected chi connectivity index (χ3v) is 5.89. The van der Waals surface area contributed by atoms with E-state index in [9.17, 15) is 5.11 Å². The van der Waals surface area contributed by atoms with Crippen molar-refractivity contribution < 1.29 is 5.11 Å². The summed E-state index contributed by atoms with van der Waals surface area (Å²) in [5.41, 5.74) is 2.44. The molecule has 6 nitrogen and oxygen atoms in total. The lowest BCUT2D eigenvalue weighted by Crippen LogP contribution is -2.46. The molecule has 1 aliphatic rings. The highest BCUT2D eigenvalue weighted by molar-refractivity contribution is 7.17. The predicted molar refractivity (Wildman–Crippen MR) is 99.4 cm³/mol. The van der Waals surface area contributed by atoms with E-state index in [0.29, 0.717) is 5.82 Å². The maximum absolute atomic E-state index is 10.8. The summed E-state index contributed by atoms with van der Waals surface area (Å²) in [5, 5.41) is 15.1. The van der Waals surface area contributed by atoms with E-state index in [1.54, 1.807) is 4.52 Å². The second-order valence-corrected chi connectivity index (χ2v) is 7.81. The largest absolute Gasteiger partial charge is 0.492 e. The summed E-state index contributed by atoms with van der Waals surface area (Å²) in [7, 11) is 2.16. The Hall–Kier alpha value is -1.96. The molecule has 0 amide bonds. The number of likely N-dealkylation sites (N-methyl/N-ethyl adjacent to an activating group) is 1. The molecule has 132 valence electrons. The molecule has 3 aromatic rings. The lowest BCUT2D eigenvalue weighted by atomic mass is 10.0. The molecule has 0 aliphatic carbocycles. The van der Waals surface area contributed by atoms with Crippen LogP contribution in [0, 0.1) is 13.8 Å². The van der Waals surface area contributed by atoms with E-state index in [1.165, 1.54) is 22.5 Å². The van der Waals surface area contributed by atoms with Crippen LogP contribution in [0.5, 0.6) is 5.88 Å². The molecule has 3 heterocycles. The van der Waals surface area contributed by atoms with Crippen molar-refractivity contribution in [1.29, 1.82) is 0 Å². The van der Waals surface area contributed by atoms with Crippen LogP contribution in [0.2, 0.25) is 0 Å². The van der Waals surface area contributed by atoms with Gasteiger partial charge in [0.25, 0.3) is 0 Å². The lowest BCUT2D eigenvalue weighted by molar-refractivity contribution is 0.127. The Morgan fingerprint density at radius 2 is 1.92 bits per heavy atom. The molecule has 1 fully saturated rings. The van der Waals surface area contributed by atoms with Crippen LogP contribution in [0.3, 0.4) is 0 Å². The minimum Gasteiger partial charge on any atom is -0.492 e. The summed E-state index contributed by atoms with van der Waals surface area (Å²) in [6.07, 6.45) is 0. The van der Waals surface area contributed by atoms with E-state index in [0.717, 1.165) is 36.0 Å². The van der Waals surface area contributed by atoms with E-state index in [2.05, 4.69) is 58.1 Å². The Bertz CT molecular complexity index is 894. The topological polar surface area (TPSA) is 56.9 Å². The van der Waals surface area contributed by atoms with Crippen LogP contribution >= 0.6 is 11.3 Å². The predicted octanol–water partition coefficient (Wildman–Crippen LogP) is 2.45. The third kappa shape index (κ3) is 3.03. The Labute approximate surface area is 151 Å². The molecule has 25 heavy (non-hydrogen) atoms. The first-order chi connectivity index (χ1) is 12.0. The summed E-state index contributed by atoms with van der Waals surface area (Å²) in [5.74, 6) is 0.894. The number of fused-ring (bicyclic) bond motifs is 1. The van der Waals surface area contributed by atoms with Crippen molar-refractivity contribution in [2.24, 2.45) is 0 Å². The number of hydrogen-bond acceptors (Lipinski definition) is 6. The average Bonchev–Trinajstić information content (AvgIpc) is 3.08. The summed E-state index contributed by atoms with van der Waals surface area (Å²) in [6.45, 7) is 7.96. The van der Waals surface area contributed by atoms with Crippen LogP contribution < -0.4 is 0 Å². The fourth-order valence-electron chi connectivity index (χ4n) is 3.47. The first-order valence-electron chi connectivity index (χ1n) is 8.57. The van der Waals surface area contributed by atoms with Crippen molar-refractivity contribution in [3.8, 4) is 5.88 Å². The summed E-state index contributed by atoms with van der Waals surface area (Å²) < 4.78 is 1.56. The van der Waals surface area contributed by atoms with Crippen molar-refractivity contribution in [2.75, 3.05) is 33.2 Å². The Morgan fingerprint density at radius 3 is 2.60 bits per heavy atom. The number of piperazine rings is 1. The maximum atomic E-state index is 10.8. The van der Waals surface area contributed by atoms with E-state index in [4.69, 9.17) is 0 Å². The van der Waals surface area contributed by atoms with Crippen LogP contribution in [-0.4, -0.2) is 62.7 Å². The Kier molecular flexibility index (Phi) is 4.23. The number of aryl methyl sites for hydroxylation is 2. The highest BCUT2D eigenvalue weighted by Crippen LogP contribution is 2.40. The van der Waals surface area contributed by atoms with E-state index < -0.39 is 0 Å². The molecule has 0 saturated carbocycles. The molecule has 7 heteroatoms. The summed E-state index contributed by atoms with van der Waals surface area (Å²) >= 11 is 1.53. The maximum Gasteiger partial charge on any atom is 0.230 e. The first kappa shape index (κ1) is 16.5. The van der Waals surface area contributed by atoms with E-state index >= 15 is 0 Å². The number of rotatable bonds is 3. The lowest BCUT2D eigenvalue weighted by Gasteiger charge is -2.37. The van der Waals surface area contributed by atoms with Gasteiger partial charge in [0.15, 0.2) is 0 Å². The van der Waals surface area contributed by atoms with Gasteiger partial charge in [-0.1, -0.05) is 41.2 Å². The normalized spacial score (nSPS) is 18.0. The first-order valence-corrected chi connectivity index (χ1v) is 9.39. The van der Waals surface area contributed by atoms with Gasteiger partial charge in [0.05, 0.1) is 10.9 Å². The SMILES string of the molecule is Cc1cccc([C@H](c2sc3nc(C)nn3c2O)N2CCN(C)CC2)c1. The van der Waals surface area contributed by atoms with Crippen LogP contribution in [0.4, 0.5) is 0 Å². The number of thiazole rings is 1. The minimum atomic E-state index is 0.0300. The molecular weight excluding hydrogens is 334 g/mol. The van der Waals surface area contributed by atoms with Crippen LogP contribution in [-0.2, 0) is 0 Å². The van der Waals surface area contributed by atoms with Gasteiger partial charge in [-0.25, -0.2) is 4.98 Å². The van der Waals surface area contributed by atoms with Crippen molar-refractivity contribution in [3.63, 3.8) is 0 Å². The monoisotopic (exact) mass is 357 g/mol. The number of aromatic nitrogens is 3. The van der Waals surface area contributed by atoms with Gasteiger partial charge in [0, 0.05) is 26.2 Å². The standard InChI is InChI=1S/C18H23N5OS/c1-12-5-4-6-14(11-12)15(22-9-7-21(3)8-10-22)16-17(24)23-18(25-16)19-13(2)20-23/h4-6,11,15,24H,7-10H2,1-3H3/t15-/m1/s1. The molecule has 1 aromatic carbocycles. The van der Waals surface area contributed by atoms with Gasteiger partial charge in [0.1, 0.15) is 5.82 Å². The van der Waals surface area contributed by atoms with Gasteiger partial charge in [-0.2, -0.15) is 4.52 Å². The van der Waals surface area contributed by atoms with Gasteiger partial charge in [0.2, 0.25) is 10.8 Å². The summed E-state index contributed by atoms with van der Waals surface area (Å²) in [4.78, 5) is 10.9. The second-order valence-electron chi connectivity index (χ2n) is 6.80. The molecule has 1 N–H and O–H groups in total. The fourth-order valence-corrected chi connectivity index (χ4v) is 4.64. The van der Waals surface area contributed by atoms with Gasteiger partial charge >= 0.3 is 0 Å². The van der Waals surface area contributed by atoms with Gasteiger partial charge in [-0.15, -0.1) is 5.10 Å². The molecule has 0 radical (unpaired) electrons. The van der Waals surface area contributed by atoms with Gasteiger partial charge < -0.3 is 10.0 Å². The molecular formula is C18H23N5OS. The highest BCUT2D eigenvalue weighted by Gasteiger charge is 2.31. The van der Waals surface area contributed by atoms with Gasteiger partial charge in [-0.3, -0.25) is 4.90 Å². The third-order valence-electron chi connectivity index (χ3n) is 4.81. The molecule has 1 atom stereocenters. The number of hydrogen-bond donors (Lipinski definition) is 1. The zero-order valence-electron chi connectivity index (χ0n) is 14.8. The number of aromatic hydroxyl groups is 1. The number of benzene rings is 1. The van der Waals surface area contributed by atoms with Crippen molar-refractivity contribution in [1.82, 2.24) is 24.4 Å². The molecule has 0 unspecified atom stereocenters. The Balaban J connectivity index is 1.81. The zero-order valence-corrected chi connectivity index (χ0v) is 15.6. The zero-order chi connectivity index (χ0) is 17.6. The van der Waals surface area contributed by atoms with Crippen molar-refractivity contribution in [2.45, 2.75) is 19.9 Å². The fraction of sp³-hybridized carbons (Fsp3) is 0.444. The Morgan fingerprint density at radius 1 is 1.16 bits per heavy atom. The molecule has 0 bridgehead atoms. The van der Waals surface area contributed by atoms with Crippen LogP contribution in [0.15, 0.2) is 24.3 Å². The van der Waals surface area contributed by atoms with Crippen LogP contribution in [0.25, 0.3) is 4.96 Å².